The highest BCUT2D eigenvalue weighted by Crippen LogP contribution is 2.24. The number of hydrogen-bond acceptors (Lipinski definition) is 3. The minimum absolute atomic E-state index is 0.185. The number of nitrogens with one attached hydrogen (secondary N) is 1. The summed E-state index contributed by atoms with van der Waals surface area (Å²) in [5.74, 6) is 1.21. The molecule has 0 atom stereocenters. The van der Waals surface area contributed by atoms with Gasteiger partial charge >= 0.3 is 0 Å². The van der Waals surface area contributed by atoms with E-state index in [-0.39, 0.29) is 5.91 Å². The summed E-state index contributed by atoms with van der Waals surface area (Å²) in [6, 6.07) is 24.3. The van der Waals surface area contributed by atoms with Crippen LogP contribution in [0.3, 0.4) is 0 Å². The molecule has 0 saturated heterocycles. The summed E-state index contributed by atoms with van der Waals surface area (Å²) in [5.41, 5.74) is 2.58. The van der Waals surface area contributed by atoms with Crippen molar-refractivity contribution in [2.75, 3.05) is 7.05 Å². The summed E-state index contributed by atoms with van der Waals surface area (Å²) < 4.78 is 1.84. The Morgan fingerprint density at radius 2 is 1.69 bits per heavy atom. The van der Waals surface area contributed by atoms with Crippen LogP contribution in [0.15, 0.2) is 72.8 Å². The number of hydrogen-bond donors (Lipinski definition) is 1. The Labute approximate surface area is 169 Å². The lowest BCUT2D eigenvalue weighted by molar-refractivity contribution is -0.115. The molecule has 4 aromatic rings. The second-order valence-electron chi connectivity index (χ2n) is 6.84. The smallest absolute Gasteiger partial charge is 0.268 e. The summed E-state index contributed by atoms with van der Waals surface area (Å²) in [6.07, 6.45) is 2.50. The Kier molecular flexibility index (Phi) is 5.20. The van der Waals surface area contributed by atoms with Gasteiger partial charge in [-0.1, -0.05) is 72.8 Å². The molecule has 5 nitrogen and oxygen atoms in total. The number of likely N-dealkylation sites (N-methyl/N-ethyl adjacent to an activating group) is 1. The van der Waals surface area contributed by atoms with Crippen LogP contribution in [-0.2, 0) is 11.2 Å². The predicted octanol–water partition coefficient (Wildman–Crippen LogP) is 4.07. The van der Waals surface area contributed by atoms with E-state index in [9.17, 15) is 4.79 Å². The second kappa shape index (κ2) is 8.10. The lowest BCUT2D eigenvalue weighted by Gasteiger charge is -2.13. The normalized spacial score (nSPS) is 11.6. The molecule has 1 aromatic heterocycles. The standard InChI is InChI=1S/C24H22N4O/c1-17-26-27-23(15-18-9-4-3-5-10-18)28(17)22(24(29)25-2)16-20-13-8-12-19-11-6-7-14-21(19)20/h3-14,16H,15H2,1-2H3,(H,25,29)/b22-16-. The summed E-state index contributed by atoms with van der Waals surface area (Å²) >= 11 is 0. The van der Waals surface area contributed by atoms with Crippen LogP contribution in [0.2, 0.25) is 0 Å². The number of nitrogens with zero attached hydrogens (tertiary/aromatic N) is 3. The number of carbonyl (C=O) groups excluding carboxylic acids is 1. The minimum Gasteiger partial charge on any atom is -0.354 e. The monoisotopic (exact) mass is 382 g/mol. The van der Waals surface area contributed by atoms with Crippen LogP contribution in [0, 0.1) is 6.92 Å². The van der Waals surface area contributed by atoms with E-state index in [0.717, 1.165) is 27.7 Å². The molecule has 29 heavy (non-hydrogen) atoms. The van der Waals surface area contributed by atoms with Crippen molar-refractivity contribution in [1.82, 2.24) is 20.1 Å². The fourth-order valence-corrected chi connectivity index (χ4v) is 3.50. The van der Waals surface area contributed by atoms with E-state index in [1.54, 1.807) is 7.05 Å². The molecule has 0 radical (unpaired) electrons. The van der Waals surface area contributed by atoms with Gasteiger partial charge in [-0.2, -0.15) is 0 Å². The number of benzene rings is 3. The third kappa shape index (κ3) is 3.80. The Morgan fingerprint density at radius 1 is 0.966 bits per heavy atom. The van der Waals surface area contributed by atoms with Crippen LogP contribution in [0.25, 0.3) is 22.5 Å². The molecule has 0 aliphatic heterocycles. The molecule has 0 saturated carbocycles. The zero-order chi connectivity index (χ0) is 20.2. The topological polar surface area (TPSA) is 59.8 Å². The highest BCUT2D eigenvalue weighted by atomic mass is 16.2. The molecule has 4 rings (SSSR count). The summed E-state index contributed by atoms with van der Waals surface area (Å²) in [7, 11) is 1.63. The number of carbonyl (C=O) groups is 1. The Bertz CT molecular complexity index is 1190. The van der Waals surface area contributed by atoms with Crippen molar-refractivity contribution < 1.29 is 4.79 Å². The fourth-order valence-electron chi connectivity index (χ4n) is 3.50. The van der Waals surface area contributed by atoms with Crippen LogP contribution >= 0.6 is 0 Å². The van der Waals surface area contributed by atoms with Gasteiger partial charge in [-0.05, 0) is 34.9 Å². The second-order valence-corrected chi connectivity index (χ2v) is 6.84. The predicted molar refractivity (Wildman–Crippen MR) is 116 cm³/mol. The molecule has 1 heterocycles. The van der Waals surface area contributed by atoms with Gasteiger partial charge in [0.25, 0.3) is 5.91 Å². The Morgan fingerprint density at radius 3 is 2.48 bits per heavy atom. The first kappa shape index (κ1) is 18.6. The molecule has 0 aliphatic carbocycles. The first-order chi connectivity index (χ1) is 14.2. The molecule has 1 amide bonds. The molecular weight excluding hydrogens is 360 g/mol. The number of fused-ring (bicyclic) bond motifs is 1. The van der Waals surface area contributed by atoms with Crippen LogP contribution in [0.1, 0.15) is 22.8 Å². The van der Waals surface area contributed by atoms with E-state index in [0.29, 0.717) is 17.9 Å². The van der Waals surface area contributed by atoms with Gasteiger partial charge in [-0.3, -0.25) is 9.36 Å². The zero-order valence-electron chi connectivity index (χ0n) is 16.5. The Hall–Kier alpha value is -3.73. The molecule has 0 spiro atoms. The van der Waals surface area contributed by atoms with Crippen molar-refractivity contribution in [3.8, 4) is 0 Å². The van der Waals surface area contributed by atoms with E-state index >= 15 is 0 Å². The lowest BCUT2D eigenvalue weighted by Crippen LogP contribution is -2.24. The SMILES string of the molecule is CNC(=O)/C(=C/c1cccc2ccccc12)n1c(C)nnc1Cc1ccccc1. The van der Waals surface area contributed by atoms with Crippen molar-refractivity contribution in [2.24, 2.45) is 0 Å². The van der Waals surface area contributed by atoms with E-state index in [1.807, 2.05) is 72.2 Å². The average Bonchev–Trinajstić information content (AvgIpc) is 3.12. The maximum Gasteiger partial charge on any atom is 0.268 e. The summed E-state index contributed by atoms with van der Waals surface area (Å²) in [5, 5.41) is 13.6. The maximum absolute atomic E-state index is 12.9. The van der Waals surface area contributed by atoms with Gasteiger partial charge in [0, 0.05) is 13.5 Å². The van der Waals surface area contributed by atoms with Crippen LogP contribution in [-0.4, -0.2) is 27.7 Å². The third-order valence-electron chi connectivity index (χ3n) is 4.91. The lowest BCUT2D eigenvalue weighted by atomic mass is 10.0. The van der Waals surface area contributed by atoms with Crippen LogP contribution in [0.5, 0.6) is 0 Å². The molecular formula is C24H22N4O. The van der Waals surface area contributed by atoms with Gasteiger partial charge in [0.15, 0.2) is 0 Å². The van der Waals surface area contributed by atoms with E-state index in [1.165, 1.54) is 0 Å². The molecule has 0 unspecified atom stereocenters. The molecule has 3 aromatic carbocycles. The highest BCUT2D eigenvalue weighted by molar-refractivity contribution is 6.19. The minimum atomic E-state index is -0.185. The van der Waals surface area contributed by atoms with Gasteiger partial charge in [-0.25, -0.2) is 0 Å². The molecule has 0 aliphatic rings. The molecule has 144 valence electrons. The first-order valence-corrected chi connectivity index (χ1v) is 9.54. The van der Waals surface area contributed by atoms with Crippen molar-refractivity contribution in [1.29, 1.82) is 0 Å². The van der Waals surface area contributed by atoms with Gasteiger partial charge in [0.2, 0.25) is 0 Å². The fraction of sp³-hybridized carbons (Fsp3) is 0.125. The maximum atomic E-state index is 12.9. The first-order valence-electron chi connectivity index (χ1n) is 9.54. The molecule has 0 bridgehead atoms. The number of aryl methyl sites for hydroxylation is 1. The van der Waals surface area contributed by atoms with Crippen molar-refractivity contribution in [3.05, 3.63) is 95.6 Å². The van der Waals surface area contributed by atoms with Gasteiger partial charge in [0.05, 0.1) is 0 Å². The van der Waals surface area contributed by atoms with Crippen molar-refractivity contribution in [3.63, 3.8) is 0 Å². The number of aromatic nitrogens is 3. The molecule has 1 N–H and O–H groups in total. The molecule has 5 heteroatoms. The van der Waals surface area contributed by atoms with E-state index in [4.69, 9.17) is 0 Å². The summed E-state index contributed by atoms with van der Waals surface area (Å²) in [6.45, 7) is 1.86. The number of rotatable bonds is 5. The quantitative estimate of drug-likeness (QED) is 0.529. The van der Waals surface area contributed by atoms with E-state index < -0.39 is 0 Å². The largest absolute Gasteiger partial charge is 0.354 e. The van der Waals surface area contributed by atoms with Gasteiger partial charge < -0.3 is 5.32 Å². The summed E-state index contributed by atoms with van der Waals surface area (Å²) in [4.78, 5) is 12.9. The van der Waals surface area contributed by atoms with Crippen molar-refractivity contribution >= 4 is 28.5 Å². The third-order valence-corrected chi connectivity index (χ3v) is 4.91. The van der Waals surface area contributed by atoms with Gasteiger partial charge in [0.1, 0.15) is 17.3 Å². The van der Waals surface area contributed by atoms with Gasteiger partial charge in [-0.15, -0.1) is 10.2 Å². The number of amides is 1. The highest BCUT2D eigenvalue weighted by Gasteiger charge is 2.19. The molecule has 0 fully saturated rings. The van der Waals surface area contributed by atoms with Crippen LogP contribution < -0.4 is 5.32 Å². The zero-order valence-corrected chi connectivity index (χ0v) is 16.5. The Balaban J connectivity index is 1.86. The van der Waals surface area contributed by atoms with E-state index in [2.05, 4.69) is 33.7 Å². The van der Waals surface area contributed by atoms with Crippen molar-refractivity contribution in [2.45, 2.75) is 13.3 Å². The van der Waals surface area contributed by atoms with Crippen LogP contribution in [0.4, 0.5) is 0 Å². The average molecular weight is 382 g/mol.